The van der Waals surface area contributed by atoms with E-state index in [0.717, 1.165) is 6.42 Å². The SMILES string of the molecule is CC(=O)c1ccc(NC(=O)N2CCN(C(=O)c3cncnc3)[C@@H](C(=O)N[C@H]3CCCNC3=O)C2)cc1. The third kappa shape index (κ3) is 5.65. The molecule has 2 aliphatic rings. The number of nitrogens with zero attached hydrogens (tertiary/aromatic N) is 4. The second-order valence-electron chi connectivity index (χ2n) is 8.65. The van der Waals surface area contributed by atoms with Gasteiger partial charge in [-0.25, -0.2) is 14.8 Å². The first-order valence-corrected chi connectivity index (χ1v) is 11.6. The molecule has 12 heteroatoms. The standard InChI is InChI=1S/C24H27N7O5/c1-15(32)16-4-6-18(7-5-16)28-24(36)30-9-10-31(23(35)17-11-25-14-26-12-17)20(13-30)22(34)29-19-3-2-8-27-21(19)33/h4-7,11-12,14,19-20H,2-3,8-10,13H2,1H3,(H,27,33)(H,28,36)(H,29,34)/t19-,20+/m0/s1. The third-order valence-electron chi connectivity index (χ3n) is 6.18. The van der Waals surface area contributed by atoms with Crippen LogP contribution in [0.25, 0.3) is 0 Å². The Kier molecular flexibility index (Phi) is 7.52. The molecule has 3 heterocycles. The first-order valence-electron chi connectivity index (χ1n) is 11.6. The maximum Gasteiger partial charge on any atom is 0.321 e. The molecule has 36 heavy (non-hydrogen) atoms. The predicted molar refractivity (Wildman–Crippen MR) is 128 cm³/mol. The number of benzene rings is 1. The van der Waals surface area contributed by atoms with Crippen molar-refractivity contribution < 1.29 is 24.0 Å². The summed E-state index contributed by atoms with van der Waals surface area (Å²) in [6, 6.07) is 4.29. The fraction of sp³-hybridized carbons (Fsp3) is 0.375. The number of aromatic nitrogens is 2. The van der Waals surface area contributed by atoms with E-state index in [-0.39, 0.29) is 36.9 Å². The number of anilines is 1. The van der Waals surface area contributed by atoms with Gasteiger partial charge in [-0.05, 0) is 44.0 Å². The molecule has 2 aromatic rings. The van der Waals surface area contributed by atoms with Crippen LogP contribution in [-0.2, 0) is 9.59 Å². The molecule has 2 fully saturated rings. The van der Waals surface area contributed by atoms with E-state index < -0.39 is 29.9 Å². The molecule has 0 spiro atoms. The smallest absolute Gasteiger partial charge is 0.321 e. The number of ketones is 1. The van der Waals surface area contributed by atoms with Crippen LogP contribution < -0.4 is 16.0 Å². The maximum atomic E-state index is 13.3. The van der Waals surface area contributed by atoms with Gasteiger partial charge in [0.2, 0.25) is 11.8 Å². The minimum absolute atomic E-state index is 0.0725. The number of piperazine rings is 1. The first-order chi connectivity index (χ1) is 17.3. The van der Waals surface area contributed by atoms with Crippen LogP contribution in [0.4, 0.5) is 10.5 Å². The molecule has 5 amide bonds. The Morgan fingerprint density at radius 3 is 2.42 bits per heavy atom. The van der Waals surface area contributed by atoms with Crippen LogP contribution in [0.2, 0.25) is 0 Å². The average molecular weight is 494 g/mol. The lowest BCUT2D eigenvalue weighted by molar-refractivity contribution is -0.133. The van der Waals surface area contributed by atoms with Crippen molar-refractivity contribution in [2.75, 3.05) is 31.5 Å². The van der Waals surface area contributed by atoms with Crippen molar-refractivity contribution in [1.29, 1.82) is 0 Å². The average Bonchev–Trinajstić information content (AvgIpc) is 2.90. The fourth-order valence-corrected chi connectivity index (χ4v) is 4.18. The summed E-state index contributed by atoms with van der Waals surface area (Å²) in [5.41, 5.74) is 1.23. The summed E-state index contributed by atoms with van der Waals surface area (Å²) in [6.45, 7) is 2.22. The Hall–Kier alpha value is -4.35. The monoisotopic (exact) mass is 493 g/mol. The van der Waals surface area contributed by atoms with Crippen molar-refractivity contribution in [3.63, 3.8) is 0 Å². The van der Waals surface area contributed by atoms with E-state index in [0.29, 0.717) is 24.2 Å². The normalized spacial score (nSPS) is 19.8. The number of Topliss-reactive ketones (excluding diaryl/α,β-unsaturated/α-hetero) is 1. The third-order valence-corrected chi connectivity index (χ3v) is 6.18. The Bertz CT molecular complexity index is 1160. The van der Waals surface area contributed by atoms with Gasteiger partial charge in [-0.1, -0.05) is 0 Å². The molecule has 0 aliphatic carbocycles. The summed E-state index contributed by atoms with van der Waals surface area (Å²) >= 11 is 0. The van der Waals surface area contributed by atoms with E-state index in [1.54, 1.807) is 24.3 Å². The Morgan fingerprint density at radius 2 is 1.75 bits per heavy atom. The van der Waals surface area contributed by atoms with Crippen molar-refractivity contribution in [1.82, 2.24) is 30.4 Å². The van der Waals surface area contributed by atoms with E-state index in [2.05, 4.69) is 25.9 Å². The van der Waals surface area contributed by atoms with Gasteiger partial charge in [0, 0.05) is 43.3 Å². The van der Waals surface area contributed by atoms with Crippen LogP contribution in [0.1, 0.15) is 40.5 Å². The molecule has 1 aromatic heterocycles. The van der Waals surface area contributed by atoms with Crippen molar-refractivity contribution in [2.24, 2.45) is 0 Å². The molecule has 2 saturated heterocycles. The second-order valence-corrected chi connectivity index (χ2v) is 8.65. The van der Waals surface area contributed by atoms with Crippen molar-refractivity contribution in [2.45, 2.75) is 31.8 Å². The number of carbonyl (C=O) groups is 5. The summed E-state index contributed by atoms with van der Waals surface area (Å²) in [4.78, 5) is 73.6. The van der Waals surface area contributed by atoms with Gasteiger partial charge in [0.05, 0.1) is 12.1 Å². The summed E-state index contributed by atoms with van der Waals surface area (Å²) in [7, 11) is 0. The van der Waals surface area contributed by atoms with Gasteiger partial charge in [0.15, 0.2) is 5.78 Å². The molecule has 3 N–H and O–H groups in total. The van der Waals surface area contributed by atoms with E-state index in [1.165, 1.54) is 35.4 Å². The highest BCUT2D eigenvalue weighted by molar-refractivity contribution is 5.99. The highest BCUT2D eigenvalue weighted by atomic mass is 16.2. The van der Waals surface area contributed by atoms with E-state index in [4.69, 9.17) is 0 Å². The maximum absolute atomic E-state index is 13.3. The molecule has 188 valence electrons. The number of nitrogens with one attached hydrogen (secondary N) is 3. The fourth-order valence-electron chi connectivity index (χ4n) is 4.18. The van der Waals surface area contributed by atoms with Gasteiger partial charge in [0.25, 0.3) is 5.91 Å². The molecular weight excluding hydrogens is 466 g/mol. The van der Waals surface area contributed by atoms with Crippen LogP contribution in [0.5, 0.6) is 0 Å². The van der Waals surface area contributed by atoms with E-state index in [9.17, 15) is 24.0 Å². The molecule has 2 atom stereocenters. The quantitative estimate of drug-likeness (QED) is 0.511. The molecule has 12 nitrogen and oxygen atoms in total. The Labute approximate surface area is 207 Å². The van der Waals surface area contributed by atoms with E-state index in [1.807, 2.05) is 0 Å². The summed E-state index contributed by atoms with van der Waals surface area (Å²) in [5.74, 6) is -1.32. The minimum atomic E-state index is -1.02. The number of rotatable bonds is 5. The summed E-state index contributed by atoms with van der Waals surface area (Å²) < 4.78 is 0. The highest BCUT2D eigenvalue weighted by Crippen LogP contribution is 2.17. The topological polar surface area (TPSA) is 154 Å². The number of piperidine rings is 1. The molecule has 0 unspecified atom stereocenters. The molecule has 0 bridgehead atoms. The van der Waals surface area contributed by atoms with E-state index >= 15 is 0 Å². The van der Waals surface area contributed by atoms with Gasteiger partial charge in [-0.2, -0.15) is 0 Å². The number of hydrogen-bond acceptors (Lipinski definition) is 7. The number of urea groups is 1. The summed E-state index contributed by atoms with van der Waals surface area (Å²) in [6.07, 6.45) is 5.24. The Morgan fingerprint density at radius 1 is 1.03 bits per heavy atom. The highest BCUT2D eigenvalue weighted by Gasteiger charge is 2.39. The molecule has 0 radical (unpaired) electrons. The second kappa shape index (κ2) is 10.9. The van der Waals surface area contributed by atoms with Crippen molar-refractivity contribution >= 4 is 35.2 Å². The number of carbonyl (C=O) groups excluding carboxylic acids is 5. The predicted octanol–water partition coefficient (Wildman–Crippen LogP) is 0.433. The van der Waals surface area contributed by atoms with Gasteiger partial charge in [0.1, 0.15) is 18.4 Å². The lowest BCUT2D eigenvalue weighted by Crippen LogP contribution is -2.64. The molecule has 4 rings (SSSR count). The minimum Gasteiger partial charge on any atom is -0.354 e. The lowest BCUT2D eigenvalue weighted by Gasteiger charge is -2.41. The van der Waals surface area contributed by atoms with Crippen LogP contribution in [-0.4, -0.2) is 87.6 Å². The largest absolute Gasteiger partial charge is 0.354 e. The number of hydrogen-bond donors (Lipinski definition) is 3. The molecule has 1 aromatic carbocycles. The molecule has 2 aliphatic heterocycles. The van der Waals surface area contributed by atoms with Gasteiger partial charge in [-0.15, -0.1) is 0 Å². The van der Waals surface area contributed by atoms with Gasteiger partial charge < -0.3 is 25.8 Å². The van der Waals surface area contributed by atoms with Crippen LogP contribution >= 0.6 is 0 Å². The Balaban J connectivity index is 1.50. The van der Waals surface area contributed by atoms with Crippen LogP contribution in [0.3, 0.4) is 0 Å². The zero-order valence-corrected chi connectivity index (χ0v) is 19.8. The van der Waals surface area contributed by atoms with Gasteiger partial charge >= 0.3 is 6.03 Å². The van der Waals surface area contributed by atoms with Crippen LogP contribution in [0.15, 0.2) is 43.0 Å². The zero-order valence-electron chi connectivity index (χ0n) is 19.8. The summed E-state index contributed by atoms with van der Waals surface area (Å²) in [5, 5.41) is 8.21. The van der Waals surface area contributed by atoms with Crippen molar-refractivity contribution in [3.05, 3.63) is 54.1 Å². The molecule has 0 saturated carbocycles. The van der Waals surface area contributed by atoms with Crippen LogP contribution in [0, 0.1) is 0 Å². The van der Waals surface area contributed by atoms with Gasteiger partial charge in [-0.3, -0.25) is 19.2 Å². The lowest BCUT2D eigenvalue weighted by atomic mass is 10.0. The van der Waals surface area contributed by atoms with Crippen molar-refractivity contribution in [3.8, 4) is 0 Å². The molecular formula is C24H27N7O5. The number of amides is 5. The zero-order chi connectivity index (χ0) is 25.7. The first kappa shape index (κ1) is 24.8.